The normalized spacial score (nSPS) is 19.5. The molecule has 1 aliphatic heterocycles. The van der Waals surface area contributed by atoms with Crippen molar-refractivity contribution in [3.63, 3.8) is 0 Å². The van der Waals surface area contributed by atoms with E-state index in [4.69, 9.17) is 10.5 Å². The predicted molar refractivity (Wildman–Crippen MR) is 95.0 cm³/mol. The molecule has 1 aromatic rings. The third-order valence-electron chi connectivity index (χ3n) is 4.29. The molecule has 1 aliphatic rings. The molecular weight excluding hydrogens is 314 g/mol. The van der Waals surface area contributed by atoms with Gasteiger partial charge in [-0.1, -0.05) is 24.6 Å². The van der Waals surface area contributed by atoms with Crippen LogP contribution in [-0.2, 0) is 11.3 Å². The molecule has 0 saturated carbocycles. The number of carbonyl (C=O) groups is 1. The summed E-state index contributed by atoms with van der Waals surface area (Å²) >= 11 is 0. The van der Waals surface area contributed by atoms with Gasteiger partial charge in [-0.2, -0.15) is 0 Å². The van der Waals surface area contributed by atoms with Crippen molar-refractivity contribution in [3.8, 4) is 5.75 Å². The van der Waals surface area contributed by atoms with Gasteiger partial charge in [0.25, 0.3) is 0 Å². The smallest absolute Gasteiger partial charge is 0.234 e. The lowest BCUT2D eigenvalue weighted by Crippen LogP contribution is -2.52. The van der Waals surface area contributed by atoms with Gasteiger partial charge in [-0.25, -0.2) is 0 Å². The summed E-state index contributed by atoms with van der Waals surface area (Å²) in [4.78, 5) is 14.4. The number of piperidine rings is 1. The number of nitrogens with zero attached hydrogens (tertiary/aromatic N) is 1. The fourth-order valence-corrected chi connectivity index (χ4v) is 3.09. The van der Waals surface area contributed by atoms with Crippen LogP contribution < -0.4 is 15.8 Å². The Morgan fingerprint density at radius 1 is 1.43 bits per heavy atom. The Balaban J connectivity index is 0.00000264. The number of para-hydroxylation sites is 1. The number of carbonyl (C=O) groups excluding carboxylic acids is 1. The highest BCUT2D eigenvalue weighted by atomic mass is 35.5. The summed E-state index contributed by atoms with van der Waals surface area (Å²) in [7, 11) is 1.64. The molecule has 1 saturated heterocycles. The van der Waals surface area contributed by atoms with Crippen LogP contribution in [0.15, 0.2) is 24.3 Å². The molecule has 0 spiro atoms. The first kappa shape index (κ1) is 19.7. The molecule has 3 N–H and O–H groups in total. The van der Waals surface area contributed by atoms with Crippen molar-refractivity contribution in [2.45, 2.75) is 44.8 Å². The van der Waals surface area contributed by atoms with Crippen molar-refractivity contribution in [3.05, 3.63) is 29.8 Å². The maximum Gasteiger partial charge on any atom is 0.234 e. The molecule has 6 heteroatoms. The van der Waals surface area contributed by atoms with Gasteiger partial charge in [0.15, 0.2) is 0 Å². The lowest BCUT2D eigenvalue weighted by molar-refractivity contribution is -0.123. The highest BCUT2D eigenvalue weighted by Crippen LogP contribution is 2.19. The van der Waals surface area contributed by atoms with E-state index in [9.17, 15) is 4.79 Å². The van der Waals surface area contributed by atoms with Crippen LogP contribution in [0.5, 0.6) is 5.75 Å². The van der Waals surface area contributed by atoms with E-state index >= 15 is 0 Å². The number of rotatable bonds is 6. The first-order valence-electron chi connectivity index (χ1n) is 8.00. The molecule has 1 heterocycles. The molecule has 1 amide bonds. The van der Waals surface area contributed by atoms with E-state index < -0.39 is 0 Å². The Bertz CT molecular complexity index is 496. The van der Waals surface area contributed by atoms with E-state index in [-0.39, 0.29) is 24.4 Å². The Hall–Kier alpha value is -1.30. The van der Waals surface area contributed by atoms with Gasteiger partial charge in [0.05, 0.1) is 13.7 Å². The molecule has 0 aromatic heterocycles. The highest BCUT2D eigenvalue weighted by Gasteiger charge is 2.26. The van der Waals surface area contributed by atoms with Crippen molar-refractivity contribution in [2.24, 2.45) is 5.73 Å². The summed E-state index contributed by atoms with van der Waals surface area (Å²) in [6.45, 7) is 3.88. The molecule has 130 valence electrons. The number of ether oxygens (including phenoxy) is 1. The van der Waals surface area contributed by atoms with E-state index in [0.717, 1.165) is 30.7 Å². The number of hydrogen-bond acceptors (Lipinski definition) is 4. The SMILES string of the molecule is COc1ccccc1CNC(=O)CN1CCCCC1C(C)N.Cl. The fraction of sp³-hybridized carbons (Fsp3) is 0.588. The quantitative estimate of drug-likeness (QED) is 0.829. The first-order chi connectivity index (χ1) is 10.6. The Morgan fingerprint density at radius 2 is 2.17 bits per heavy atom. The minimum absolute atomic E-state index is 0. The minimum atomic E-state index is 0. The lowest BCUT2D eigenvalue weighted by Gasteiger charge is -2.37. The molecule has 2 atom stereocenters. The zero-order valence-electron chi connectivity index (χ0n) is 14.0. The monoisotopic (exact) mass is 341 g/mol. The zero-order valence-corrected chi connectivity index (χ0v) is 14.8. The Labute approximate surface area is 145 Å². The van der Waals surface area contributed by atoms with Gasteiger partial charge in [0.2, 0.25) is 5.91 Å². The number of halogens is 1. The van der Waals surface area contributed by atoms with Crippen LogP contribution in [0.25, 0.3) is 0 Å². The van der Waals surface area contributed by atoms with Crippen LogP contribution in [-0.4, -0.2) is 43.1 Å². The molecule has 5 nitrogen and oxygen atoms in total. The summed E-state index contributed by atoms with van der Waals surface area (Å²) in [5.74, 6) is 0.840. The van der Waals surface area contributed by atoms with Gasteiger partial charge in [0.1, 0.15) is 5.75 Å². The fourth-order valence-electron chi connectivity index (χ4n) is 3.09. The highest BCUT2D eigenvalue weighted by molar-refractivity contribution is 5.85. The molecular formula is C17H28ClN3O2. The molecule has 1 aromatic carbocycles. The predicted octanol–water partition coefficient (Wildman–Crippen LogP) is 1.93. The van der Waals surface area contributed by atoms with Crippen LogP contribution in [0.1, 0.15) is 31.7 Å². The maximum absolute atomic E-state index is 12.2. The third-order valence-corrected chi connectivity index (χ3v) is 4.29. The summed E-state index contributed by atoms with van der Waals surface area (Å²) < 4.78 is 5.30. The third kappa shape index (κ3) is 5.68. The van der Waals surface area contributed by atoms with Crippen LogP contribution in [0.2, 0.25) is 0 Å². The molecule has 2 unspecified atom stereocenters. The average molecular weight is 342 g/mol. The van der Waals surface area contributed by atoms with Gasteiger partial charge in [-0.3, -0.25) is 9.69 Å². The zero-order chi connectivity index (χ0) is 15.9. The number of benzene rings is 1. The second-order valence-corrected chi connectivity index (χ2v) is 5.98. The minimum Gasteiger partial charge on any atom is -0.496 e. The number of hydrogen-bond donors (Lipinski definition) is 2. The van der Waals surface area contributed by atoms with Crippen molar-refractivity contribution < 1.29 is 9.53 Å². The number of nitrogens with two attached hydrogens (primary N) is 1. The summed E-state index contributed by atoms with van der Waals surface area (Å²) in [6.07, 6.45) is 3.42. The summed E-state index contributed by atoms with van der Waals surface area (Å²) in [5, 5.41) is 2.98. The molecule has 23 heavy (non-hydrogen) atoms. The molecule has 2 rings (SSSR count). The molecule has 0 bridgehead atoms. The van der Waals surface area contributed by atoms with Gasteiger partial charge in [-0.15, -0.1) is 12.4 Å². The van der Waals surface area contributed by atoms with Crippen molar-refractivity contribution >= 4 is 18.3 Å². The van der Waals surface area contributed by atoms with Crippen LogP contribution in [0.3, 0.4) is 0 Å². The van der Waals surface area contributed by atoms with E-state index in [2.05, 4.69) is 10.2 Å². The Kier molecular flexibility index (Phi) is 8.37. The number of methoxy groups -OCH3 is 1. The van der Waals surface area contributed by atoms with Gasteiger partial charge in [-0.05, 0) is 32.4 Å². The topological polar surface area (TPSA) is 67.6 Å². The van der Waals surface area contributed by atoms with Crippen molar-refractivity contribution in [1.82, 2.24) is 10.2 Å². The lowest BCUT2D eigenvalue weighted by atomic mass is 9.97. The summed E-state index contributed by atoms with van der Waals surface area (Å²) in [6, 6.07) is 8.14. The molecule has 0 aliphatic carbocycles. The van der Waals surface area contributed by atoms with Crippen LogP contribution in [0.4, 0.5) is 0 Å². The number of likely N-dealkylation sites (tertiary alicyclic amines) is 1. The van der Waals surface area contributed by atoms with Crippen LogP contribution in [0, 0.1) is 0 Å². The van der Waals surface area contributed by atoms with Gasteiger partial charge in [0, 0.05) is 24.2 Å². The second-order valence-electron chi connectivity index (χ2n) is 5.98. The van der Waals surface area contributed by atoms with Crippen LogP contribution >= 0.6 is 12.4 Å². The van der Waals surface area contributed by atoms with Crippen molar-refractivity contribution in [1.29, 1.82) is 0 Å². The first-order valence-corrected chi connectivity index (χ1v) is 8.00. The van der Waals surface area contributed by atoms with E-state index in [0.29, 0.717) is 19.1 Å². The number of nitrogens with one attached hydrogen (secondary N) is 1. The average Bonchev–Trinajstić information content (AvgIpc) is 2.53. The molecule has 0 radical (unpaired) electrons. The molecule has 1 fully saturated rings. The summed E-state index contributed by atoms with van der Waals surface area (Å²) in [5.41, 5.74) is 7.03. The van der Waals surface area contributed by atoms with E-state index in [1.54, 1.807) is 7.11 Å². The standard InChI is InChI=1S/C17H27N3O2.ClH/c1-13(18)15-8-5-6-10-20(15)12-17(21)19-11-14-7-3-4-9-16(14)22-2;/h3-4,7,9,13,15H,5-6,8,10-12,18H2,1-2H3,(H,19,21);1H. The van der Waals surface area contributed by atoms with Crippen molar-refractivity contribution in [2.75, 3.05) is 20.2 Å². The largest absolute Gasteiger partial charge is 0.496 e. The van der Waals surface area contributed by atoms with Gasteiger partial charge >= 0.3 is 0 Å². The number of amides is 1. The Morgan fingerprint density at radius 3 is 2.87 bits per heavy atom. The second kappa shape index (κ2) is 9.75. The maximum atomic E-state index is 12.2. The van der Waals surface area contributed by atoms with E-state index in [1.807, 2.05) is 31.2 Å². The van der Waals surface area contributed by atoms with E-state index in [1.165, 1.54) is 6.42 Å². The van der Waals surface area contributed by atoms with Gasteiger partial charge < -0.3 is 15.8 Å².